The summed E-state index contributed by atoms with van der Waals surface area (Å²) in [6, 6.07) is 0. The summed E-state index contributed by atoms with van der Waals surface area (Å²) >= 11 is 0. The SMILES string of the molecule is CCN(C1(CN)CCCC1)S(=O)(=O)c1cn(C)c(C)n1. The molecule has 1 heterocycles. The van der Waals surface area contributed by atoms with Crippen LogP contribution in [0.2, 0.25) is 0 Å². The minimum Gasteiger partial charge on any atom is -0.337 e. The lowest BCUT2D eigenvalue weighted by Gasteiger charge is -2.38. The van der Waals surface area contributed by atoms with Gasteiger partial charge in [0.25, 0.3) is 10.0 Å². The zero-order chi connectivity index (χ0) is 15.0. The average Bonchev–Trinajstić information content (AvgIpc) is 2.99. The molecule has 0 radical (unpaired) electrons. The summed E-state index contributed by atoms with van der Waals surface area (Å²) < 4.78 is 29.0. The molecule has 0 bridgehead atoms. The standard InChI is InChI=1S/C13H24N4O2S/c1-4-17(13(10-14)7-5-6-8-13)20(18,19)12-9-16(3)11(2)15-12/h9H,4-8,10,14H2,1-3H3. The van der Waals surface area contributed by atoms with Gasteiger partial charge in [0, 0.05) is 31.9 Å². The molecule has 114 valence electrons. The largest absolute Gasteiger partial charge is 0.337 e. The van der Waals surface area contributed by atoms with Crippen molar-refractivity contribution in [3.05, 3.63) is 12.0 Å². The first-order valence-electron chi connectivity index (χ1n) is 7.10. The van der Waals surface area contributed by atoms with Crippen LogP contribution in [-0.4, -0.2) is 40.9 Å². The summed E-state index contributed by atoms with van der Waals surface area (Å²) in [5.41, 5.74) is 5.49. The predicted molar refractivity (Wildman–Crippen MR) is 77.8 cm³/mol. The van der Waals surface area contributed by atoms with Crippen LogP contribution in [0.15, 0.2) is 11.2 Å². The molecule has 7 heteroatoms. The molecule has 1 aromatic rings. The Bertz CT molecular complexity index is 554. The Kier molecular flexibility index (Phi) is 4.22. The van der Waals surface area contributed by atoms with Gasteiger partial charge in [-0.05, 0) is 19.8 Å². The van der Waals surface area contributed by atoms with Crippen LogP contribution >= 0.6 is 0 Å². The number of aromatic nitrogens is 2. The molecule has 20 heavy (non-hydrogen) atoms. The highest BCUT2D eigenvalue weighted by Crippen LogP contribution is 2.37. The lowest BCUT2D eigenvalue weighted by molar-refractivity contribution is 0.204. The maximum Gasteiger partial charge on any atom is 0.262 e. The molecule has 1 aromatic heterocycles. The van der Waals surface area contributed by atoms with E-state index in [1.807, 2.05) is 6.92 Å². The normalized spacial score (nSPS) is 18.9. The van der Waals surface area contributed by atoms with Gasteiger partial charge < -0.3 is 10.3 Å². The van der Waals surface area contributed by atoms with Gasteiger partial charge in [0.2, 0.25) is 0 Å². The summed E-state index contributed by atoms with van der Waals surface area (Å²) in [5.74, 6) is 0.688. The molecular formula is C13H24N4O2S. The van der Waals surface area contributed by atoms with Gasteiger partial charge in [-0.15, -0.1) is 0 Å². The Morgan fingerprint density at radius 3 is 2.45 bits per heavy atom. The van der Waals surface area contributed by atoms with Crippen LogP contribution in [-0.2, 0) is 17.1 Å². The Morgan fingerprint density at radius 2 is 2.05 bits per heavy atom. The molecule has 2 rings (SSSR count). The van der Waals surface area contributed by atoms with Crippen molar-refractivity contribution in [3.8, 4) is 0 Å². The fourth-order valence-corrected chi connectivity index (χ4v) is 4.98. The van der Waals surface area contributed by atoms with Gasteiger partial charge in [-0.2, -0.15) is 4.31 Å². The molecule has 6 nitrogen and oxygen atoms in total. The van der Waals surface area contributed by atoms with Gasteiger partial charge >= 0.3 is 0 Å². The van der Waals surface area contributed by atoms with E-state index in [-0.39, 0.29) is 5.03 Å². The third-order valence-electron chi connectivity index (χ3n) is 4.37. The van der Waals surface area contributed by atoms with Crippen molar-refractivity contribution in [2.45, 2.75) is 50.1 Å². The van der Waals surface area contributed by atoms with Crippen LogP contribution in [0.5, 0.6) is 0 Å². The Hall–Kier alpha value is -0.920. The first-order chi connectivity index (χ1) is 9.37. The minimum atomic E-state index is -3.59. The second kappa shape index (κ2) is 5.46. The molecule has 2 N–H and O–H groups in total. The van der Waals surface area contributed by atoms with E-state index in [0.717, 1.165) is 25.7 Å². The monoisotopic (exact) mass is 300 g/mol. The van der Waals surface area contributed by atoms with E-state index in [0.29, 0.717) is 18.9 Å². The van der Waals surface area contributed by atoms with E-state index in [2.05, 4.69) is 4.98 Å². The third kappa shape index (κ3) is 2.38. The smallest absolute Gasteiger partial charge is 0.262 e. The summed E-state index contributed by atoms with van der Waals surface area (Å²) in [5, 5.41) is 0.124. The highest BCUT2D eigenvalue weighted by atomic mass is 32.2. The second-order valence-corrected chi connectivity index (χ2v) is 7.35. The number of sulfonamides is 1. The van der Waals surface area contributed by atoms with E-state index in [4.69, 9.17) is 5.73 Å². The van der Waals surface area contributed by atoms with Crippen molar-refractivity contribution in [2.75, 3.05) is 13.1 Å². The van der Waals surface area contributed by atoms with Crippen molar-refractivity contribution in [2.24, 2.45) is 12.8 Å². The molecule has 1 saturated carbocycles. The Balaban J connectivity index is 2.44. The quantitative estimate of drug-likeness (QED) is 0.880. The summed E-state index contributed by atoms with van der Waals surface area (Å²) in [6.45, 7) is 4.45. The predicted octanol–water partition coefficient (Wildman–Crippen LogP) is 1.01. The van der Waals surface area contributed by atoms with Gasteiger partial charge in [0.1, 0.15) is 5.82 Å². The van der Waals surface area contributed by atoms with E-state index < -0.39 is 15.6 Å². The number of imidazole rings is 1. The minimum absolute atomic E-state index is 0.124. The summed E-state index contributed by atoms with van der Waals surface area (Å²) in [7, 11) is -1.79. The van der Waals surface area contributed by atoms with Crippen molar-refractivity contribution < 1.29 is 8.42 Å². The lowest BCUT2D eigenvalue weighted by Crippen LogP contribution is -2.54. The van der Waals surface area contributed by atoms with Gasteiger partial charge in [0.15, 0.2) is 5.03 Å². The molecule has 0 atom stereocenters. The molecule has 1 fully saturated rings. The Morgan fingerprint density at radius 1 is 1.45 bits per heavy atom. The van der Waals surface area contributed by atoms with E-state index >= 15 is 0 Å². The number of rotatable bonds is 5. The van der Waals surface area contributed by atoms with Crippen molar-refractivity contribution in [1.82, 2.24) is 13.9 Å². The average molecular weight is 300 g/mol. The van der Waals surface area contributed by atoms with Crippen LogP contribution in [0.3, 0.4) is 0 Å². The van der Waals surface area contributed by atoms with Crippen molar-refractivity contribution in [1.29, 1.82) is 0 Å². The second-order valence-electron chi connectivity index (χ2n) is 5.54. The summed E-state index contributed by atoms with van der Waals surface area (Å²) in [4.78, 5) is 4.18. The van der Waals surface area contributed by atoms with E-state index in [1.54, 1.807) is 29.0 Å². The van der Waals surface area contributed by atoms with Crippen molar-refractivity contribution in [3.63, 3.8) is 0 Å². The van der Waals surface area contributed by atoms with Crippen LogP contribution in [0.1, 0.15) is 38.4 Å². The first kappa shape index (κ1) is 15.5. The molecule has 1 aliphatic carbocycles. The van der Waals surface area contributed by atoms with Gasteiger partial charge in [0.05, 0.1) is 0 Å². The number of likely N-dealkylation sites (N-methyl/N-ethyl adjacent to an activating group) is 1. The molecule has 0 amide bonds. The number of aryl methyl sites for hydroxylation is 2. The maximum atomic E-state index is 12.9. The fraction of sp³-hybridized carbons (Fsp3) is 0.769. The number of hydrogen-bond acceptors (Lipinski definition) is 4. The lowest BCUT2D eigenvalue weighted by atomic mass is 9.98. The van der Waals surface area contributed by atoms with Crippen LogP contribution in [0, 0.1) is 6.92 Å². The van der Waals surface area contributed by atoms with Gasteiger partial charge in [-0.25, -0.2) is 13.4 Å². The molecule has 0 unspecified atom stereocenters. The van der Waals surface area contributed by atoms with Crippen molar-refractivity contribution >= 4 is 10.0 Å². The Labute approximate surface area is 121 Å². The molecule has 0 spiro atoms. The topological polar surface area (TPSA) is 81.2 Å². The van der Waals surface area contributed by atoms with Gasteiger partial charge in [-0.3, -0.25) is 0 Å². The number of nitrogens with zero attached hydrogens (tertiary/aromatic N) is 3. The zero-order valence-corrected chi connectivity index (χ0v) is 13.3. The fourth-order valence-electron chi connectivity index (χ4n) is 3.11. The molecule has 0 saturated heterocycles. The molecule has 0 aliphatic heterocycles. The molecule has 0 aromatic carbocycles. The first-order valence-corrected chi connectivity index (χ1v) is 8.54. The van der Waals surface area contributed by atoms with Crippen LogP contribution in [0.4, 0.5) is 0 Å². The van der Waals surface area contributed by atoms with Crippen LogP contribution < -0.4 is 5.73 Å². The van der Waals surface area contributed by atoms with E-state index in [9.17, 15) is 8.42 Å². The van der Waals surface area contributed by atoms with E-state index in [1.165, 1.54) is 0 Å². The highest BCUT2D eigenvalue weighted by molar-refractivity contribution is 7.89. The third-order valence-corrected chi connectivity index (χ3v) is 6.32. The van der Waals surface area contributed by atoms with Crippen LogP contribution in [0.25, 0.3) is 0 Å². The highest BCUT2D eigenvalue weighted by Gasteiger charge is 2.44. The number of nitrogens with two attached hydrogens (primary N) is 1. The number of hydrogen-bond donors (Lipinski definition) is 1. The molecular weight excluding hydrogens is 276 g/mol. The maximum absolute atomic E-state index is 12.9. The summed E-state index contributed by atoms with van der Waals surface area (Å²) in [6.07, 6.45) is 5.31. The van der Waals surface area contributed by atoms with Gasteiger partial charge in [-0.1, -0.05) is 19.8 Å². The molecule has 1 aliphatic rings. The zero-order valence-electron chi connectivity index (χ0n) is 12.5.